The van der Waals surface area contributed by atoms with E-state index < -0.39 is 0 Å². The predicted octanol–water partition coefficient (Wildman–Crippen LogP) is 3.32. The highest BCUT2D eigenvalue weighted by atomic mass is 32.2. The molecule has 2 N–H and O–H groups in total. The molecule has 106 valence electrons. The number of benzene rings is 1. The lowest BCUT2D eigenvalue weighted by molar-refractivity contribution is 0.297. The van der Waals surface area contributed by atoms with Gasteiger partial charge >= 0.3 is 0 Å². The molecule has 1 aliphatic heterocycles. The minimum atomic E-state index is 0.221. The zero-order chi connectivity index (χ0) is 13.7. The van der Waals surface area contributed by atoms with Gasteiger partial charge in [-0.25, -0.2) is 0 Å². The highest BCUT2D eigenvalue weighted by Gasteiger charge is 2.15. The number of nitrogens with two attached hydrogens (primary N) is 1. The molecule has 0 bridgehead atoms. The van der Waals surface area contributed by atoms with E-state index in [1.54, 1.807) is 0 Å². The Bertz CT molecular complexity index is 421. The van der Waals surface area contributed by atoms with Crippen LogP contribution in [0.1, 0.15) is 26.7 Å². The molecule has 0 aliphatic carbocycles. The standard InChI is InChI=1S/C15H23NO2S/c1-15(2,11-16)6-9-19-12-4-5-13-14(10-12)18-8-3-7-17-13/h4-5,10H,3,6-9,11,16H2,1-2H3. The van der Waals surface area contributed by atoms with Crippen LogP contribution in [0.15, 0.2) is 23.1 Å². The monoisotopic (exact) mass is 281 g/mol. The lowest BCUT2D eigenvalue weighted by atomic mass is 9.91. The fraction of sp³-hybridized carbons (Fsp3) is 0.600. The molecule has 1 heterocycles. The first-order chi connectivity index (χ1) is 9.11. The molecule has 0 atom stereocenters. The van der Waals surface area contributed by atoms with Gasteiger partial charge in [0.05, 0.1) is 13.2 Å². The molecule has 3 nitrogen and oxygen atoms in total. The predicted molar refractivity (Wildman–Crippen MR) is 80.2 cm³/mol. The van der Waals surface area contributed by atoms with E-state index in [1.807, 2.05) is 17.8 Å². The summed E-state index contributed by atoms with van der Waals surface area (Å²) in [5.74, 6) is 2.81. The lowest BCUT2D eigenvalue weighted by Gasteiger charge is -2.21. The molecule has 0 unspecified atom stereocenters. The smallest absolute Gasteiger partial charge is 0.162 e. The van der Waals surface area contributed by atoms with E-state index in [1.165, 1.54) is 4.90 Å². The Labute approximate surface area is 119 Å². The van der Waals surface area contributed by atoms with Crippen molar-refractivity contribution in [1.82, 2.24) is 0 Å². The normalized spacial score (nSPS) is 15.1. The maximum Gasteiger partial charge on any atom is 0.162 e. The molecule has 0 saturated heterocycles. The second-order valence-electron chi connectivity index (χ2n) is 5.63. The second-order valence-corrected chi connectivity index (χ2v) is 6.79. The van der Waals surface area contributed by atoms with Crippen molar-refractivity contribution in [2.24, 2.45) is 11.1 Å². The molecule has 0 fully saturated rings. The quantitative estimate of drug-likeness (QED) is 0.841. The first-order valence-corrected chi connectivity index (χ1v) is 7.82. The van der Waals surface area contributed by atoms with Gasteiger partial charge in [-0.2, -0.15) is 0 Å². The molecule has 0 spiro atoms. The summed E-state index contributed by atoms with van der Waals surface area (Å²) in [5.41, 5.74) is 5.97. The molecule has 1 aromatic rings. The van der Waals surface area contributed by atoms with Crippen LogP contribution >= 0.6 is 11.8 Å². The van der Waals surface area contributed by atoms with E-state index in [0.717, 1.165) is 49.9 Å². The molecule has 1 aromatic carbocycles. The van der Waals surface area contributed by atoms with Crippen molar-refractivity contribution >= 4 is 11.8 Å². The van der Waals surface area contributed by atoms with Gasteiger partial charge in [-0.05, 0) is 42.3 Å². The Hall–Kier alpha value is -0.870. The average Bonchev–Trinajstić information content (AvgIpc) is 2.63. The van der Waals surface area contributed by atoms with Crippen LogP contribution in [0.3, 0.4) is 0 Å². The minimum Gasteiger partial charge on any atom is -0.490 e. The fourth-order valence-electron chi connectivity index (χ4n) is 1.78. The average molecular weight is 281 g/mol. The van der Waals surface area contributed by atoms with E-state index >= 15 is 0 Å². The summed E-state index contributed by atoms with van der Waals surface area (Å²) in [6.07, 6.45) is 2.06. The zero-order valence-electron chi connectivity index (χ0n) is 11.8. The number of hydrogen-bond donors (Lipinski definition) is 1. The summed E-state index contributed by atoms with van der Waals surface area (Å²) in [6, 6.07) is 6.20. The Morgan fingerprint density at radius 3 is 2.68 bits per heavy atom. The van der Waals surface area contributed by atoms with Gasteiger partial charge in [0.15, 0.2) is 11.5 Å². The fourth-order valence-corrected chi connectivity index (χ4v) is 3.03. The molecule has 0 amide bonds. The molecular weight excluding hydrogens is 258 g/mol. The molecule has 4 heteroatoms. The number of fused-ring (bicyclic) bond motifs is 1. The molecule has 1 aliphatic rings. The zero-order valence-corrected chi connectivity index (χ0v) is 12.6. The van der Waals surface area contributed by atoms with Crippen molar-refractivity contribution in [3.63, 3.8) is 0 Å². The van der Waals surface area contributed by atoms with E-state index in [0.29, 0.717) is 0 Å². The molecule has 2 rings (SSSR count). The van der Waals surface area contributed by atoms with E-state index in [2.05, 4.69) is 26.0 Å². The number of rotatable bonds is 5. The molecule has 0 aromatic heterocycles. The second kappa shape index (κ2) is 6.53. The molecule has 19 heavy (non-hydrogen) atoms. The van der Waals surface area contributed by atoms with Gasteiger partial charge in [-0.1, -0.05) is 13.8 Å². The van der Waals surface area contributed by atoms with Crippen LogP contribution in [-0.2, 0) is 0 Å². The Balaban J connectivity index is 1.93. The van der Waals surface area contributed by atoms with Crippen LogP contribution < -0.4 is 15.2 Å². The van der Waals surface area contributed by atoms with Gasteiger partial charge in [-0.3, -0.25) is 0 Å². The van der Waals surface area contributed by atoms with Gasteiger partial charge in [0.25, 0.3) is 0 Å². The first kappa shape index (κ1) is 14.5. The van der Waals surface area contributed by atoms with Crippen molar-refractivity contribution < 1.29 is 9.47 Å². The summed E-state index contributed by atoms with van der Waals surface area (Å²) in [5, 5.41) is 0. The van der Waals surface area contributed by atoms with Crippen molar-refractivity contribution in [2.45, 2.75) is 31.6 Å². The summed E-state index contributed by atoms with van der Waals surface area (Å²) in [4.78, 5) is 1.23. The molecular formula is C15H23NO2S. The van der Waals surface area contributed by atoms with Crippen LogP contribution in [0.5, 0.6) is 11.5 Å². The van der Waals surface area contributed by atoms with Crippen LogP contribution in [0, 0.1) is 5.41 Å². The van der Waals surface area contributed by atoms with Crippen LogP contribution in [0.25, 0.3) is 0 Å². The highest BCUT2D eigenvalue weighted by molar-refractivity contribution is 7.99. The van der Waals surface area contributed by atoms with Gasteiger partial charge in [0.2, 0.25) is 0 Å². The van der Waals surface area contributed by atoms with Gasteiger partial charge in [-0.15, -0.1) is 11.8 Å². The summed E-state index contributed by atoms with van der Waals surface area (Å²) in [6.45, 7) is 6.63. The van der Waals surface area contributed by atoms with E-state index in [9.17, 15) is 0 Å². The van der Waals surface area contributed by atoms with E-state index in [4.69, 9.17) is 15.2 Å². The summed E-state index contributed by atoms with van der Waals surface area (Å²) < 4.78 is 11.3. The molecule has 0 saturated carbocycles. The van der Waals surface area contributed by atoms with Gasteiger partial charge in [0.1, 0.15) is 0 Å². The van der Waals surface area contributed by atoms with Crippen molar-refractivity contribution in [2.75, 3.05) is 25.5 Å². The van der Waals surface area contributed by atoms with Crippen molar-refractivity contribution in [1.29, 1.82) is 0 Å². The van der Waals surface area contributed by atoms with Crippen LogP contribution in [0.4, 0.5) is 0 Å². The Morgan fingerprint density at radius 2 is 1.95 bits per heavy atom. The Morgan fingerprint density at radius 1 is 1.21 bits per heavy atom. The van der Waals surface area contributed by atoms with Gasteiger partial charge < -0.3 is 15.2 Å². The third-order valence-corrected chi connectivity index (χ3v) is 4.31. The lowest BCUT2D eigenvalue weighted by Crippen LogP contribution is -2.23. The third kappa shape index (κ3) is 4.32. The minimum absolute atomic E-state index is 0.221. The number of hydrogen-bond acceptors (Lipinski definition) is 4. The number of thioether (sulfide) groups is 1. The summed E-state index contributed by atoms with van der Waals surface area (Å²) >= 11 is 1.85. The number of ether oxygens (including phenoxy) is 2. The topological polar surface area (TPSA) is 44.5 Å². The van der Waals surface area contributed by atoms with Gasteiger partial charge in [0, 0.05) is 11.3 Å². The van der Waals surface area contributed by atoms with E-state index in [-0.39, 0.29) is 5.41 Å². The van der Waals surface area contributed by atoms with Crippen LogP contribution in [-0.4, -0.2) is 25.5 Å². The van der Waals surface area contributed by atoms with Crippen molar-refractivity contribution in [3.8, 4) is 11.5 Å². The maximum absolute atomic E-state index is 5.75. The highest BCUT2D eigenvalue weighted by Crippen LogP contribution is 2.34. The van der Waals surface area contributed by atoms with Crippen molar-refractivity contribution in [3.05, 3.63) is 18.2 Å². The third-order valence-electron chi connectivity index (χ3n) is 3.32. The summed E-state index contributed by atoms with van der Waals surface area (Å²) in [7, 11) is 0. The Kier molecular flexibility index (Phi) is 4.99. The first-order valence-electron chi connectivity index (χ1n) is 6.83. The largest absolute Gasteiger partial charge is 0.490 e. The SMILES string of the molecule is CC(C)(CN)CCSc1ccc2c(c1)OCCCO2. The maximum atomic E-state index is 5.75. The molecule has 0 radical (unpaired) electrons. The van der Waals surface area contributed by atoms with Crippen LogP contribution in [0.2, 0.25) is 0 Å².